The summed E-state index contributed by atoms with van der Waals surface area (Å²) in [5.41, 5.74) is -0.488. The predicted molar refractivity (Wildman–Crippen MR) is 84.0 cm³/mol. The standard InChI is InChI=1S/C17H15F3N2O3/c1-4-13(16(23)24-3)14-9-21-10(2)22-15(14)25-12-7-5-6-11(8-12)17(18,19)20/h4-9H,1-3H3. The van der Waals surface area contributed by atoms with Crippen LogP contribution >= 0.6 is 0 Å². The Bertz CT molecular complexity index is 817. The summed E-state index contributed by atoms with van der Waals surface area (Å²) < 4.78 is 48.7. The van der Waals surface area contributed by atoms with Crippen LogP contribution in [0.5, 0.6) is 11.6 Å². The summed E-state index contributed by atoms with van der Waals surface area (Å²) >= 11 is 0. The minimum Gasteiger partial charge on any atom is -0.465 e. The van der Waals surface area contributed by atoms with Gasteiger partial charge in [-0.1, -0.05) is 12.1 Å². The number of aromatic nitrogens is 2. The van der Waals surface area contributed by atoms with Gasteiger partial charge in [0.25, 0.3) is 0 Å². The Morgan fingerprint density at radius 1 is 1.28 bits per heavy atom. The largest absolute Gasteiger partial charge is 0.465 e. The van der Waals surface area contributed by atoms with E-state index in [9.17, 15) is 18.0 Å². The van der Waals surface area contributed by atoms with E-state index in [-0.39, 0.29) is 22.8 Å². The van der Waals surface area contributed by atoms with Gasteiger partial charge >= 0.3 is 12.1 Å². The molecule has 0 aliphatic rings. The maximum Gasteiger partial charge on any atom is 0.416 e. The number of hydrogen-bond acceptors (Lipinski definition) is 5. The number of hydrogen-bond donors (Lipinski definition) is 0. The fourth-order valence-corrected chi connectivity index (χ4v) is 2.05. The van der Waals surface area contributed by atoms with Crippen LogP contribution in [0.3, 0.4) is 0 Å². The lowest BCUT2D eigenvalue weighted by Gasteiger charge is -2.13. The SMILES string of the molecule is CC=C(C(=O)OC)c1cnc(C)nc1Oc1cccc(C(F)(F)F)c1. The summed E-state index contributed by atoms with van der Waals surface area (Å²) in [4.78, 5) is 20.0. The molecule has 2 rings (SSSR count). The highest BCUT2D eigenvalue weighted by Gasteiger charge is 2.30. The molecule has 0 N–H and O–H groups in total. The van der Waals surface area contributed by atoms with Crippen molar-refractivity contribution >= 4 is 11.5 Å². The van der Waals surface area contributed by atoms with E-state index in [2.05, 4.69) is 14.7 Å². The fourth-order valence-electron chi connectivity index (χ4n) is 2.05. The summed E-state index contributed by atoms with van der Waals surface area (Å²) in [6, 6.07) is 4.38. The van der Waals surface area contributed by atoms with Crippen LogP contribution in [0.25, 0.3) is 5.57 Å². The van der Waals surface area contributed by atoms with Gasteiger partial charge in [-0.25, -0.2) is 9.78 Å². The number of nitrogens with zero attached hydrogens (tertiary/aromatic N) is 2. The Morgan fingerprint density at radius 3 is 2.60 bits per heavy atom. The number of ether oxygens (including phenoxy) is 2. The molecule has 0 spiro atoms. The molecule has 0 fully saturated rings. The Kier molecular flexibility index (Phi) is 5.41. The lowest BCUT2D eigenvalue weighted by molar-refractivity contribution is -0.137. The van der Waals surface area contributed by atoms with Gasteiger partial charge in [0.2, 0.25) is 5.88 Å². The van der Waals surface area contributed by atoms with E-state index in [4.69, 9.17) is 4.74 Å². The first-order valence-electron chi connectivity index (χ1n) is 7.20. The third kappa shape index (κ3) is 4.34. The average molecular weight is 352 g/mol. The van der Waals surface area contributed by atoms with Crippen LogP contribution in [0.4, 0.5) is 13.2 Å². The fraction of sp³-hybridized carbons (Fsp3) is 0.235. The molecule has 0 saturated carbocycles. The highest BCUT2D eigenvalue weighted by atomic mass is 19.4. The Hall–Kier alpha value is -2.90. The molecule has 1 aromatic heterocycles. The van der Waals surface area contributed by atoms with Gasteiger partial charge in [0.15, 0.2) is 0 Å². The third-order valence-electron chi connectivity index (χ3n) is 3.23. The lowest BCUT2D eigenvalue weighted by Crippen LogP contribution is -2.08. The zero-order valence-electron chi connectivity index (χ0n) is 13.7. The van der Waals surface area contributed by atoms with E-state index in [1.165, 1.54) is 31.5 Å². The molecule has 5 nitrogen and oxygen atoms in total. The van der Waals surface area contributed by atoms with Crippen molar-refractivity contribution in [1.82, 2.24) is 9.97 Å². The zero-order valence-corrected chi connectivity index (χ0v) is 13.7. The van der Waals surface area contributed by atoms with E-state index in [0.29, 0.717) is 5.82 Å². The van der Waals surface area contributed by atoms with Gasteiger partial charge < -0.3 is 9.47 Å². The van der Waals surface area contributed by atoms with Crippen molar-refractivity contribution in [2.75, 3.05) is 7.11 Å². The second-order valence-corrected chi connectivity index (χ2v) is 4.96. The van der Waals surface area contributed by atoms with Gasteiger partial charge in [-0.15, -0.1) is 0 Å². The van der Waals surface area contributed by atoms with Crippen molar-refractivity contribution in [3.05, 3.63) is 53.5 Å². The van der Waals surface area contributed by atoms with E-state index < -0.39 is 17.7 Å². The molecular weight excluding hydrogens is 337 g/mol. The van der Waals surface area contributed by atoms with Gasteiger partial charge in [0, 0.05) is 6.20 Å². The Morgan fingerprint density at radius 2 is 2.00 bits per heavy atom. The molecule has 0 atom stereocenters. The molecule has 1 heterocycles. The smallest absolute Gasteiger partial charge is 0.416 e. The topological polar surface area (TPSA) is 61.3 Å². The molecule has 8 heteroatoms. The van der Waals surface area contributed by atoms with E-state index in [1.807, 2.05) is 0 Å². The molecule has 0 saturated heterocycles. The number of esters is 1. The maximum atomic E-state index is 12.8. The maximum absolute atomic E-state index is 12.8. The first-order valence-corrected chi connectivity index (χ1v) is 7.20. The Balaban J connectivity index is 2.47. The van der Waals surface area contributed by atoms with Crippen LogP contribution in [0.1, 0.15) is 23.9 Å². The summed E-state index contributed by atoms with van der Waals surface area (Å²) in [5, 5.41) is 0. The van der Waals surface area contributed by atoms with Gasteiger partial charge in [0.05, 0.1) is 23.8 Å². The van der Waals surface area contributed by atoms with Crippen molar-refractivity contribution in [3.8, 4) is 11.6 Å². The van der Waals surface area contributed by atoms with Crippen molar-refractivity contribution < 1.29 is 27.4 Å². The number of rotatable bonds is 4. The van der Waals surface area contributed by atoms with Gasteiger partial charge in [-0.3, -0.25) is 0 Å². The summed E-state index contributed by atoms with van der Waals surface area (Å²) in [5.74, 6) is -0.394. The predicted octanol–water partition coefficient (Wildman–Crippen LogP) is 4.17. The van der Waals surface area contributed by atoms with E-state index in [0.717, 1.165) is 12.1 Å². The van der Waals surface area contributed by atoms with Crippen molar-refractivity contribution in [2.24, 2.45) is 0 Å². The molecule has 2 aromatic rings. The Labute approximate surface area is 142 Å². The third-order valence-corrected chi connectivity index (χ3v) is 3.23. The number of carbonyl (C=O) groups is 1. The number of halogens is 3. The number of allylic oxidation sites excluding steroid dienone is 1. The summed E-state index contributed by atoms with van der Waals surface area (Å²) in [7, 11) is 1.22. The first-order chi connectivity index (χ1) is 11.8. The van der Waals surface area contributed by atoms with Crippen LogP contribution in [0.2, 0.25) is 0 Å². The van der Waals surface area contributed by atoms with Crippen LogP contribution in [-0.2, 0) is 15.7 Å². The van der Waals surface area contributed by atoms with Crippen LogP contribution in [-0.4, -0.2) is 23.0 Å². The summed E-state index contributed by atoms with van der Waals surface area (Å²) in [6.45, 7) is 3.20. The highest BCUT2D eigenvalue weighted by Crippen LogP contribution is 2.34. The van der Waals surface area contributed by atoms with Gasteiger partial charge in [-0.05, 0) is 32.0 Å². The molecule has 0 aliphatic heterocycles. The quantitative estimate of drug-likeness (QED) is 0.610. The van der Waals surface area contributed by atoms with Gasteiger partial charge in [0.1, 0.15) is 11.6 Å². The van der Waals surface area contributed by atoms with Crippen molar-refractivity contribution in [2.45, 2.75) is 20.0 Å². The normalized spacial score (nSPS) is 12.0. The number of aryl methyl sites for hydroxylation is 1. The molecule has 0 aliphatic carbocycles. The zero-order chi connectivity index (χ0) is 18.6. The van der Waals surface area contributed by atoms with E-state index in [1.54, 1.807) is 13.8 Å². The molecule has 132 valence electrons. The number of methoxy groups -OCH3 is 1. The molecule has 25 heavy (non-hydrogen) atoms. The lowest BCUT2D eigenvalue weighted by atomic mass is 10.1. The molecule has 0 unspecified atom stereocenters. The molecule has 0 amide bonds. The second kappa shape index (κ2) is 7.33. The molecule has 0 radical (unpaired) electrons. The minimum atomic E-state index is -4.50. The van der Waals surface area contributed by atoms with Crippen molar-refractivity contribution in [3.63, 3.8) is 0 Å². The van der Waals surface area contributed by atoms with Crippen LogP contribution in [0, 0.1) is 6.92 Å². The monoisotopic (exact) mass is 352 g/mol. The first kappa shape index (κ1) is 18.4. The van der Waals surface area contributed by atoms with Crippen molar-refractivity contribution in [1.29, 1.82) is 0 Å². The highest BCUT2D eigenvalue weighted by molar-refractivity contribution is 6.16. The number of alkyl halides is 3. The molecular formula is C17H15F3N2O3. The molecule has 0 bridgehead atoms. The average Bonchev–Trinajstić information content (AvgIpc) is 2.56. The minimum absolute atomic E-state index is 0.0367. The number of benzene rings is 1. The summed E-state index contributed by atoms with van der Waals surface area (Å²) in [6.07, 6.45) is -1.65. The van der Waals surface area contributed by atoms with E-state index >= 15 is 0 Å². The van der Waals surface area contributed by atoms with Gasteiger partial charge in [-0.2, -0.15) is 18.2 Å². The number of carbonyl (C=O) groups excluding carboxylic acids is 1. The van der Waals surface area contributed by atoms with Crippen LogP contribution in [0.15, 0.2) is 36.5 Å². The van der Waals surface area contributed by atoms with Crippen LogP contribution < -0.4 is 4.74 Å². The second-order valence-electron chi connectivity index (χ2n) is 4.96. The molecule has 1 aromatic carbocycles.